The largest absolute Gasteiger partial charge is 0.454 e. The molecule has 0 fully saturated rings. The van der Waals surface area contributed by atoms with Crippen LogP contribution in [0.1, 0.15) is 30.6 Å². The summed E-state index contributed by atoms with van der Waals surface area (Å²) in [5.41, 5.74) is 0.464. The molecule has 0 saturated carbocycles. The third-order valence-electron chi connectivity index (χ3n) is 3.12. The van der Waals surface area contributed by atoms with E-state index in [1.54, 1.807) is 17.0 Å². The Kier molecular flexibility index (Phi) is 4.73. The zero-order chi connectivity index (χ0) is 14.7. The van der Waals surface area contributed by atoms with Crippen LogP contribution in [0.3, 0.4) is 0 Å². The minimum absolute atomic E-state index is 0.0400. The summed E-state index contributed by atoms with van der Waals surface area (Å²) in [6.07, 6.45) is 0.544. The maximum Gasteiger partial charge on any atom is 0.254 e. The van der Waals surface area contributed by atoms with Gasteiger partial charge in [-0.3, -0.25) is 4.79 Å². The van der Waals surface area contributed by atoms with Gasteiger partial charge >= 0.3 is 0 Å². The molecule has 0 atom stereocenters. The molecule has 1 N–H and O–H groups in total. The van der Waals surface area contributed by atoms with E-state index < -0.39 is 0 Å². The number of halogens is 1. The second-order valence-corrected chi connectivity index (χ2v) is 5.27. The van der Waals surface area contributed by atoms with Crippen molar-refractivity contribution in [3.05, 3.63) is 22.7 Å². The Morgan fingerprint density at radius 2 is 2.20 bits per heavy atom. The first-order valence-corrected chi connectivity index (χ1v) is 6.93. The molecule has 0 spiro atoms. The van der Waals surface area contributed by atoms with Crippen molar-refractivity contribution in [2.75, 3.05) is 19.9 Å². The lowest BCUT2D eigenvalue weighted by Gasteiger charge is -2.26. The van der Waals surface area contributed by atoms with E-state index in [0.29, 0.717) is 35.1 Å². The van der Waals surface area contributed by atoms with Gasteiger partial charge in [-0.15, -0.1) is 0 Å². The first kappa shape index (κ1) is 14.9. The van der Waals surface area contributed by atoms with Gasteiger partial charge in [0.2, 0.25) is 6.79 Å². The Hall–Kier alpha value is -1.46. The maximum atomic E-state index is 12.5. The fourth-order valence-electron chi connectivity index (χ4n) is 2.09. The molecule has 1 amide bonds. The summed E-state index contributed by atoms with van der Waals surface area (Å²) in [6, 6.07) is 3.27. The Balaban J connectivity index is 2.25. The number of aliphatic hydroxyl groups excluding tert-OH is 1. The van der Waals surface area contributed by atoms with Crippen LogP contribution in [-0.2, 0) is 0 Å². The summed E-state index contributed by atoms with van der Waals surface area (Å²) >= 11 is 6.09. The third kappa shape index (κ3) is 2.99. The highest BCUT2D eigenvalue weighted by Crippen LogP contribution is 2.40. The van der Waals surface area contributed by atoms with Crippen LogP contribution in [-0.4, -0.2) is 41.9 Å². The van der Waals surface area contributed by atoms with Crippen molar-refractivity contribution in [1.82, 2.24) is 4.90 Å². The molecular weight excluding hydrogens is 282 g/mol. The van der Waals surface area contributed by atoms with Crippen LogP contribution in [0.2, 0.25) is 5.02 Å². The number of fused-ring (bicyclic) bond motifs is 1. The van der Waals surface area contributed by atoms with Crippen molar-refractivity contribution < 1.29 is 19.4 Å². The van der Waals surface area contributed by atoms with Gasteiger partial charge in [-0.1, -0.05) is 11.6 Å². The van der Waals surface area contributed by atoms with E-state index in [1.165, 1.54) is 0 Å². The number of nitrogens with zero attached hydrogens (tertiary/aromatic N) is 1. The van der Waals surface area contributed by atoms with Gasteiger partial charge in [0.25, 0.3) is 5.91 Å². The molecule has 110 valence electrons. The van der Waals surface area contributed by atoms with Crippen LogP contribution in [0, 0.1) is 0 Å². The number of aliphatic hydroxyl groups is 1. The molecule has 6 heteroatoms. The Morgan fingerprint density at radius 3 is 2.85 bits per heavy atom. The average molecular weight is 300 g/mol. The molecule has 0 unspecified atom stereocenters. The molecule has 1 aliphatic heterocycles. The Bertz CT molecular complexity index is 504. The number of ether oxygens (including phenoxy) is 2. The number of hydrogen-bond donors (Lipinski definition) is 1. The highest BCUT2D eigenvalue weighted by molar-refractivity contribution is 6.32. The molecule has 1 aliphatic rings. The van der Waals surface area contributed by atoms with Gasteiger partial charge in [0.15, 0.2) is 11.5 Å². The molecule has 0 bridgehead atoms. The minimum atomic E-state index is -0.131. The highest BCUT2D eigenvalue weighted by Gasteiger charge is 2.24. The number of carbonyl (C=O) groups excluding carboxylic acids is 1. The summed E-state index contributed by atoms with van der Waals surface area (Å²) in [5.74, 6) is 0.843. The topological polar surface area (TPSA) is 59.0 Å². The SMILES string of the molecule is CC(C)N(CCCO)C(=O)c1cc(Cl)c2c(c1)OCO2. The third-order valence-corrected chi connectivity index (χ3v) is 3.40. The molecule has 1 aromatic rings. The predicted octanol–water partition coefficient (Wildman–Crippen LogP) is 2.30. The molecule has 1 aromatic carbocycles. The van der Waals surface area contributed by atoms with Gasteiger partial charge in [-0.05, 0) is 32.4 Å². The quantitative estimate of drug-likeness (QED) is 0.906. The highest BCUT2D eigenvalue weighted by atomic mass is 35.5. The minimum Gasteiger partial charge on any atom is -0.454 e. The smallest absolute Gasteiger partial charge is 0.254 e. The molecule has 20 heavy (non-hydrogen) atoms. The van der Waals surface area contributed by atoms with Gasteiger partial charge in [-0.25, -0.2) is 0 Å². The van der Waals surface area contributed by atoms with Crippen LogP contribution < -0.4 is 9.47 Å². The summed E-state index contributed by atoms with van der Waals surface area (Å²) < 4.78 is 10.5. The Labute approximate surface area is 123 Å². The molecule has 5 nitrogen and oxygen atoms in total. The van der Waals surface area contributed by atoms with E-state index in [4.69, 9.17) is 26.2 Å². The van der Waals surface area contributed by atoms with E-state index in [2.05, 4.69) is 0 Å². The van der Waals surface area contributed by atoms with Crippen LogP contribution in [0.25, 0.3) is 0 Å². The number of carbonyl (C=O) groups is 1. The standard InChI is InChI=1S/C14H18ClNO4/c1-9(2)16(4-3-5-17)14(18)10-6-11(15)13-12(7-10)19-8-20-13/h6-7,9,17H,3-5,8H2,1-2H3. The number of hydrogen-bond acceptors (Lipinski definition) is 4. The van der Waals surface area contributed by atoms with Crippen LogP contribution in [0.4, 0.5) is 0 Å². The predicted molar refractivity (Wildman–Crippen MR) is 75.5 cm³/mol. The van der Waals surface area contributed by atoms with Crippen molar-refractivity contribution in [2.24, 2.45) is 0 Å². The Morgan fingerprint density at radius 1 is 1.45 bits per heavy atom. The van der Waals surface area contributed by atoms with Gasteiger partial charge in [-0.2, -0.15) is 0 Å². The molecule has 2 rings (SSSR count). The molecule has 0 aromatic heterocycles. The summed E-state index contributed by atoms with van der Waals surface area (Å²) in [5, 5.41) is 9.29. The van der Waals surface area contributed by atoms with Crippen molar-refractivity contribution in [1.29, 1.82) is 0 Å². The number of benzene rings is 1. The zero-order valence-corrected chi connectivity index (χ0v) is 12.3. The van der Waals surface area contributed by atoms with Gasteiger partial charge in [0.05, 0.1) is 5.02 Å². The fraction of sp³-hybridized carbons (Fsp3) is 0.500. The summed E-state index contributed by atoms with van der Waals surface area (Å²) in [7, 11) is 0. The van der Waals surface area contributed by atoms with Crippen molar-refractivity contribution in [3.8, 4) is 11.5 Å². The lowest BCUT2D eigenvalue weighted by atomic mass is 10.1. The van der Waals surface area contributed by atoms with Gasteiger partial charge in [0.1, 0.15) is 0 Å². The lowest BCUT2D eigenvalue weighted by molar-refractivity contribution is 0.0692. The normalized spacial score (nSPS) is 12.8. The van der Waals surface area contributed by atoms with Gasteiger partial charge in [0, 0.05) is 24.8 Å². The van der Waals surface area contributed by atoms with Crippen LogP contribution in [0.15, 0.2) is 12.1 Å². The zero-order valence-electron chi connectivity index (χ0n) is 11.6. The molecular formula is C14H18ClNO4. The second kappa shape index (κ2) is 6.33. The number of amides is 1. The van der Waals surface area contributed by atoms with Gasteiger partial charge < -0.3 is 19.5 Å². The average Bonchev–Trinajstić information content (AvgIpc) is 2.87. The van der Waals surface area contributed by atoms with Crippen molar-refractivity contribution in [3.63, 3.8) is 0 Å². The van der Waals surface area contributed by atoms with Crippen LogP contribution >= 0.6 is 11.6 Å². The molecule has 0 radical (unpaired) electrons. The first-order chi connectivity index (χ1) is 9.54. The molecule has 1 heterocycles. The maximum absolute atomic E-state index is 12.5. The fourth-order valence-corrected chi connectivity index (χ4v) is 2.36. The summed E-state index contributed by atoms with van der Waals surface area (Å²) in [4.78, 5) is 14.2. The molecule has 0 aliphatic carbocycles. The monoisotopic (exact) mass is 299 g/mol. The van der Waals surface area contributed by atoms with E-state index in [9.17, 15) is 4.79 Å². The van der Waals surface area contributed by atoms with Crippen molar-refractivity contribution >= 4 is 17.5 Å². The van der Waals surface area contributed by atoms with Crippen molar-refractivity contribution in [2.45, 2.75) is 26.3 Å². The van der Waals surface area contributed by atoms with E-state index in [-0.39, 0.29) is 25.3 Å². The van der Waals surface area contributed by atoms with E-state index >= 15 is 0 Å². The summed E-state index contributed by atoms with van der Waals surface area (Å²) in [6.45, 7) is 4.54. The van der Waals surface area contributed by atoms with E-state index in [1.807, 2.05) is 13.8 Å². The van der Waals surface area contributed by atoms with E-state index in [0.717, 1.165) is 0 Å². The van der Waals surface area contributed by atoms with Crippen LogP contribution in [0.5, 0.6) is 11.5 Å². The first-order valence-electron chi connectivity index (χ1n) is 6.55. The second-order valence-electron chi connectivity index (χ2n) is 4.86. The number of rotatable bonds is 5. The lowest BCUT2D eigenvalue weighted by Crippen LogP contribution is -2.38. The molecule has 0 saturated heterocycles.